The Morgan fingerprint density at radius 3 is 2.32 bits per heavy atom. The van der Waals surface area contributed by atoms with Crippen LogP contribution >= 0.6 is 0 Å². The van der Waals surface area contributed by atoms with Crippen molar-refractivity contribution in [3.8, 4) is 23.0 Å². The zero-order chi connectivity index (χ0) is 44.4. The van der Waals surface area contributed by atoms with Gasteiger partial charge in [0.1, 0.15) is 23.4 Å². The smallest absolute Gasteiger partial charge is 0.312 e. The maximum absolute atomic E-state index is 14.5. The summed E-state index contributed by atoms with van der Waals surface area (Å²) in [7, 11) is 3.44. The molecule has 328 valence electrons. The standard InChI is InChI=1S/C44H60N4O12/c1-22-13-11-14-23(2)43(56)46-34-29(21-45-48-17-12-16-47(9)18-19-48)38(53)31-32(39(34)54)37(52)27(6)41-33(31)42(55)44(8,60-41)58-20-15-30(57-10)24(3)40(59-28(7)49)26(5)36(51)25(4)35(22)50/h11,13-15,20-22,24-26,30,35-36,40,50-54H,12,16-19H2,1-10H3,(H,46,56)/b13-11?,20-15?,23-14?,45-21+. The lowest BCUT2D eigenvalue weighted by molar-refractivity contribution is -0.160. The number of aliphatic hydroxyl groups excluding tert-OH is 2. The number of Topliss-reactive ketones (excluding diaryl/α,β-unsaturated/α-hetero) is 1. The van der Waals surface area contributed by atoms with Gasteiger partial charge in [-0.3, -0.25) is 19.4 Å². The van der Waals surface area contributed by atoms with E-state index in [9.17, 15) is 39.9 Å². The maximum Gasteiger partial charge on any atom is 0.312 e. The van der Waals surface area contributed by atoms with Crippen molar-refractivity contribution >= 4 is 40.3 Å². The molecular formula is C44H60N4O12. The number of carbonyl (C=O) groups is 3. The first-order valence-electron chi connectivity index (χ1n) is 20.3. The number of phenolic OH excluding ortho intramolecular Hbond substituents is 3. The number of nitrogens with zero attached hydrogens (tertiary/aromatic N) is 3. The number of aromatic hydroxyl groups is 3. The largest absolute Gasteiger partial charge is 0.507 e. The number of allylic oxidation sites excluding steroid dienone is 2. The Morgan fingerprint density at radius 2 is 1.65 bits per heavy atom. The van der Waals surface area contributed by atoms with Gasteiger partial charge in [-0.1, -0.05) is 45.9 Å². The highest BCUT2D eigenvalue weighted by Gasteiger charge is 2.50. The number of rotatable bonds is 4. The summed E-state index contributed by atoms with van der Waals surface area (Å²) in [5.41, 5.74) is -0.340. The lowest BCUT2D eigenvalue weighted by Gasteiger charge is -2.38. The molecule has 9 atom stereocenters. The number of phenols is 3. The topological polar surface area (TPSA) is 220 Å². The number of nitrogens with one attached hydrogen (secondary N) is 1. The van der Waals surface area contributed by atoms with Gasteiger partial charge in [0.25, 0.3) is 11.7 Å². The van der Waals surface area contributed by atoms with Crippen LogP contribution in [0.25, 0.3) is 10.8 Å². The fraction of sp³-hybridized carbons (Fsp3) is 0.545. The molecule has 16 nitrogen and oxygen atoms in total. The number of likely N-dealkylation sites (N-methyl/N-ethyl adjacent to an activating group) is 1. The van der Waals surface area contributed by atoms with Crippen LogP contribution in [0.5, 0.6) is 23.0 Å². The third-order valence-electron chi connectivity index (χ3n) is 12.1. The molecule has 0 radical (unpaired) electrons. The average molecular weight is 837 g/mol. The summed E-state index contributed by atoms with van der Waals surface area (Å²) in [6.07, 6.45) is 5.70. The quantitative estimate of drug-likeness (QED) is 0.106. The monoisotopic (exact) mass is 836 g/mol. The fourth-order valence-corrected chi connectivity index (χ4v) is 8.16. The molecule has 16 heteroatoms. The van der Waals surface area contributed by atoms with E-state index in [2.05, 4.69) is 15.3 Å². The number of amides is 1. The first kappa shape index (κ1) is 45.9. The molecule has 4 heterocycles. The summed E-state index contributed by atoms with van der Waals surface area (Å²) >= 11 is 0. The van der Waals surface area contributed by atoms with Crippen molar-refractivity contribution in [2.24, 2.45) is 28.8 Å². The average Bonchev–Trinajstić information content (AvgIpc) is 3.31. The highest BCUT2D eigenvalue weighted by Crippen LogP contribution is 2.55. The molecule has 2 aromatic rings. The van der Waals surface area contributed by atoms with Crippen molar-refractivity contribution in [1.29, 1.82) is 0 Å². The van der Waals surface area contributed by atoms with E-state index in [1.807, 2.05) is 7.05 Å². The summed E-state index contributed by atoms with van der Waals surface area (Å²) in [4.78, 5) is 42.8. The summed E-state index contributed by atoms with van der Waals surface area (Å²) in [6, 6.07) is 0. The number of anilines is 1. The molecule has 0 aliphatic carbocycles. The van der Waals surface area contributed by atoms with E-state index < -0.39 is 88.8 Å². The molecule has 1 fully saturated rings. The van der Waals surface area contributed by atoms with Crippen LogP contribution in [0.15, 0.2) is 41.2 Å². The molecule has 1 amide bonds. The Labute approximate surface area is 350 Å². The summed E-state index contributed by atoms with van der Waals surface area (Å²) in [6.45, 7) is 15.3. The van der Waals surface area contributed by atoms with E-state index in [0.29, 0.717) is 13.1 Å². The molecule has 6 N–H and O–H groups in total. The molecule has 2 aromatic carbocycles. The maximum atomic E-state index is 14.5. The molecule has 6 rings (SSSR count). The van der Waals surface area contributed by atoms with Gasteiger partial charge in [0, 0.05) is 80.8 Å². The molecule has 0 spiro atoms. The Morgan fingerprint density at radius 1 is 0.950 bits per heavy atom. The van der Waals surface area contributed by atoms with Crippen LogP contribution < -0.4 is 10.1 Å². The van der Waals surface area contributed by atoms with Gasteiger partial charge in [0.2, 0.25) is 0 Å². The number of fused-ring (bicyclic) bond motifs is 14. The van der Waals surface area contributed by atoms with Crippen LogP contribution in [0, 0.1) is 30.6 Å². The SMILES string of the molecule is COC1C=COC2(C)Oc3c(C)c(O)c4c(O)c(c(/C=N/N5CCCN(C)CC5)c(O)c4c3C2=O)NC(=O)C(C)=CC=CC(C)C(O)C(C)C(O)C(C)C(OC(C)=O)C1C. The van der Waals surface area contributed by atoms with Gasteiger partial charge in [-0.05, 0) is 39.9 Å². The Balaban J connectivity index is 1.71. The fourth-order valence-electron chi connectivity index (χ4n) is 8.16. The summed E-state index contributed by atoms with van der Waals surface area (Å²) in [5.74, 6) is -8.34. The highest BCUT2D eigenvalue weighted by atomic mass is 16.7. The number of ether oxygens (including phenoxy) is 4. The van der Waals surface area contributed by atoms with Crippen molar-refractivity contribution in [1.82, 2.24) is 9.91 Å². The minimum absolute atomic E-state index is 0.0571. The lowest BCUT2D eigenvalue weighted by atomic mass is 9.78. The van der Waals surface area contributed by atoms with Crippen LogP contribution in [-0.2, 0) is 23.8 Å². The number of hydrogen-bond donors (Lipinski definition) is 6. The minimum atomic E-state index is -2.04. The zero-order valence-corrected chi connectivity index (χ0v) is 36.1. The van der Waals surface area contributed by atoms with Crippen molar-refractivity contribution in [2.45, 2.75) is 92.0 Å². The first-order chi connectivity index (χ1) is 28.2. The van der Waals surface area contributed by atoms with Crippen molar-refractivity contribution < 1.29 is 58.9 Å². The summed E-state index contributed by atoms with van der Waals surface area (Å²) in [5, 5.41) is 67.1. The van der Waals surface area contributed by atoms with Crippen LogP contribution in [-0.4, -0.2) is 130 Å². The van der Waals surface area contributed by atoms with Crippen LogP contribution in [0.2, 0.25) is 0 Å². The molecule has 4 aliphatic heterocycles. The molecule has 0 saturated carbocycles. The Bertz CT molecular complexity index is 2100. The van der Waals surface area contributed by atoms with Gasteiger partial charge in [0.15, 0.2) is 5.75 Å². The zero-order valence-electron chi connectivity index (χ0n) is 36.1. The lowest BCUT2D eigenvalue weighted by Crippen LogP contribution is -2.46. The third-order valence-corrected chi connectivity index (χ3v) is 12.1. The van der Waals surface area contributed by atoms with E-state index in [1.54, 1.807) is 44.9 Å². The molecule has 5 bridgehead atoms. The van der Waals surface area contributed by atoms with E-state index in [1.165, 1.54) is 59.4 Å². The second-order valence-electron chi connectivity index (χ2n) is 16.5. The van der Waals surface area contributed by atoms with Gasteiger partial charge in [0.05, 0.1) is 53.0 Å². The molecule has 9 unspecified atom stereocenters. The van der Waals surface area contributed by atoms with Crippen LogP contribution in [0.1, 0.15) is 76.4 Å². The van der Waals surface area contributed by atoms with E-state index in [-0.39, 0.29) is 44.5 Å². The van der Waals surface area contributed by atoms with E-state index in [4.69, 9.17) is 18.9 Å². The first-order valence-corrected chi connectivity index (χ1v) is 20.3. The second kappa shape index (κ2) is 18.6. The van der Waals surface area contributed by atoms with Gasteiger partial charge in [-0.15, -0.1) is 0 Å². The number of hydrazone groups is 1. The number of esters is 1. The van der Waals surface area contributed by atoms with Crippen molar-refractivity contribution in [3.63, 3.8) is 0 Å². The molecular weight excluding hydrogens is 776 g/mol. The Hall–Kier alpha value is -5.16. The number of benzene rings is 2. The molecule has 60 heavy (non-hydrogen) atoms. The number of ketones is 1. The highest BCUT2D eigenvalue weighted by molar-refractivity contribution is 6.23. The number of aliphatic hydroxyl groups is 2. The number of hydrogen-bond acceptors (Lipinski definition) is 15. The predicted molar refractivity (Wildman–Crippen MR) is 225 cm³/mol. The van der Waals surface area contributed by atoms with Crippen LogP contribution in [0.3, 0.4) is 0 Å². The van der Waals surface area contributed by atoms with Crippen molar-refractivity contribution in [2.75, 3.05) is 45.7 Å². The van der Waals surface area contributed by atoms with Gasteiger partial charge < -0.3 is 54.7 Å². The normalized spacial score (nSPS) is 30.0. The molecule has 4 aliphatic rings. The molecule has 1 saturated heterocycles. The predicted octanol–water partition coefficient (Wildman–Crippen LogP) is 4.73. The number of methoxy groups -OCH3 is 1. The van der Waals surface area contributed by atoms with E-state index in [0.717, 1.165) is 19.5 Å². The minimum Gasteiger partial charge on any atom is -0.507 e. The van der Waals surface area contributed by atoms with Gasteiger partial charge in [-0.2, -0.15) is 5.10 Å². The van der Waals surface area contributed by atoms with Gasteiger partial charge >= 0.3 is 11.8 Å². The van der Waals surface area contributed by atoms with Crippen LogP contribution in [0.4, 0.5) is 5.69 Å². The molecule has 0 aromatic heterocycles. The van der Waals surface area contributed by atoms with Gasteiger partial charge in [-0.25, -0.2) is 0 Å². The van der Waals surface area contributed by atoms with Crippen molar-refractivity contribution in [3.05, 3.63) is 52.8 Å². The second-order valence-corrected chi connectivity index (χ2v) is 16.5. The van der Waals surface area contributed by atoms with E-state index >= 15 is 0 Å². The summed E-state index contributed by atoms with van der Waals surface area (Å²) < 4.78 is 23.6. The Kier molecular flexibility index (Phi) is 14.3. The number of carbonyl (C=O) groups excluding carboxylic acids is 3. The third kappa shape index (κ3) is 9.11.